The van der Waals surface area contributed by atoms with E-state index in [-0.39, 0.29) is 23.4 Å². The lowest BCUT2D eigenvalue weighted by Gasteiger charge is -2.34. The molecule has 1 saturated carbocycles. The molecule has 0 spiro atoms. The zero-order chi connectivity index (χ0) is 30.7. The van der Waals surface area contributed by atoms with Crippen LogP contribution in [0.3, 0.4) is 0 Å². The third-order valence-corrected chi connectivity index (χ3v) is 9.66. The first-order valence-electron chi connectivity index (χ1n) is 15.3. The summed E-state index contributed by atoms with van der Waals surface area (Å²) in [5, 5.41) is 3.18. The molecule has 1 fully saturated rings. The number of sulfonamides is 1. The minimum Gasteiger partial charge on any atom is -0.494 e. The summed E-state index contributed by atoms with van der Waals surface area (Å²) < 4.78 is 34.6. The molecule has 2 amide bonds. The van der Waals surface area contributed by atoms with E-state index < -0.39 is 28.5 Å². The standard InChI is InChI=1S/C34H43N3O5S/c1-3-32(34(39)35-28-16-10-6-11-17-28)36(25-24-27-14-8-5-9-15-27)33(38)26-37(29-18-12-7-13-19-29)43(40,41)31-22-20-30(21-23-31)42-4-2/h5,7-9,12-15,18-23,28,32H,3-4,6,10-11,16-17,24-26H2,1-2H3,(H,35,39). The van der Waals surface area contributed by atoms with Crippen LogP contribution in [-0.2, 0) is 26.0 Å². The molecular weight excluding hydrogens is 562 g/mol. The van der Waals surface area contributed by atoms with Gasteiger partial charge in [-0.05, 0) is 74.6 Å². The Labute approximate surface area is 256 Å². The van der Waals surface area contributed by atoms with E-state index in [0.29, 0.717) is 30.9 Å². The van der Waals surface area contributed by atoms with E-state index in [4.69, 9.17) is 4.74 Å². The molecule has 0 saturated heterocycles. The summed E-state index contributed by atoms with van der Waals surface area (Å²) >= 11 is 0. The third kappa shape index (κ3) is 8.60. The second-order valence-corrected chi connectivity index (χ2v) is 12.7. The quantitative estimate of drug-likeness (QED) is 0.259. The smallest absolute Gasteiger partial charge is 0.264 e. The number of hydrogen-bond donors (Lipinski definition) is 1. The second-order valence-electron chi connectivity index (χ2n) is 10.8. The van der Waals surface area contributed by atoms with Crippen LogP contribution in [0.15, 0.2) is 89.8 Å². The van der Waals surface area contributed by atoms with Gasteiger partial charge in [0.05, 0.1) is 17.2 Å². The summed E-state index contributed by atoms with van der Waals surface area (Å²) in [6.45, 7) is 4.05. The van der Waals surface area contributed by atoms with Crippen LogP contribution in [0.2, 0.25) is 0 Å². The third-order valence-electron chi connectivity index (χ3n) is 7.87. The van der Waals surface area contributed by atoms with Crippen LogP contribution in [0.5, 0.6) is 5.75 Å². The van der Waals surface area contributed by atoms with Crippen LogP contribution in [0.1, 0.15) is 57.9 Å². The lowest BCUT2D eigenvalue weighted by molar-refractivity contribution is -0.140. The number of nitrogens with one attached hydrogen (secondary N) is 1. The fraction of sp³-hybridized carbons (Fsp3) is 0.412. The molecule has 0 aliphatic heterocycles. The summed E-state index contributed by atoms with van der Waals surface area (Å²) in [5.41, 5.74) is 1.40. The number of para-hydroxylation sites is 1. The van der Waals surface area contributed by atoms with Gasteiger partial charge in [0.2, 0.25) is 11.8 Å². The minimum absolute atomic E-state index is 0.0468. The number of rotatable bonds is 14. The van der Waals surface area contributed by atoms with Crippen LogP contribution in [0.4, 0.5) is 5.69 Å². The molecule has 0 heterocycles. The fourth-order valence-corrected chi connectivity index (χ4v) is 6.98. The molecule has 0 bridgehead atoms. The van der Waals surface area contributed by atoms with E-state index in [2.05, 4.69) is 5.32 Å². The van der Waals surface area contributed by atoms with Crippen molar-refractivity contribution in [2.24, 2.45) is 0 Å². The number of hydrogen-bond acceptors (Lipinski definition) is 5. The highest BCUT2D eigenvalue weighted by molar-refractivity contribution is 7.92. The summed E-state index contributed by atoms with van der Waals surface area (Å²) in [4.78, 5) is 29.4. The van der Waals surface area contributed by atoms with Gasteiger partial charge < -0.3 is 15.0 Å². The van der Waals surface area contributed by atoms with Crippen LogP contribution in [0.25, 0.3) is 0 Å². The van der Waals surface area contributed by atoms with Crippen molar-refractivity contribution >= 4 is 27.5 Å². The van der Waals surface area contributed by atoms with Gasteiger partial charge in [-0.15, -0.1) is 0 Å². The Hall–Kier alpha value is -3.85. The molecule has 1 atom stereocenters. The van der Waals surface area contributed by atoms with Gasteiger partial charge in [0.1, 0.15) is 18.3 Å². The zero-order valence-electron chi connectivity index (χ0n) is 25.2. The summed E-state index contributed by atoms with van der Waals surface area (Å²) in [6, 6.07) is 24.0. The molecule has 1 aliphatic rings. The van der Waals surface area contributed by atoms with E-state index in [1.165, 1.54) is 18.6 Å². The molecule has 43 heavy (non-hydrogen) atoms. The molecule has 8 nitrogen and oxygen atoms in total. The number of anilines is 1. The molecule has 0 aromatic heterocycles. The summed E-state index contributed by atoms with van der Waals surface area (Å²) in [7, 11) is -4.13. The molecule has 230 valence electrons. The number of ether oxygens (including phenoxy) is 1. The van der Waals surface area contributed by atoms with Crippen LogP contribution < -0.4 is 14.4 Å². The Morgan fingerprint density at radius 1 is 0.884 bits per heavy atom. The molecular formula is C34H43N3O5S. The largest absolute Gasteiger partial charge is 0.494 e. The molecule has 0 radical (unpaired) electrons. The van der Waals surface area contributed by atoms with Gasteiger partial charge in [0, 0.05) is 12.6 Å². The number of carbonyl (C=O) groups is 2. The highest BCUT2D eigenvalue weighted by atomic mass is 32.2. The highest BCUT2D eigenvalue weighted by Crippen LogP contribution is 2.26. The van der Waals surface area contributed by atoms with Crippen molar-refractivity contribution in [3.63, 3.8) is 0 Å². The maximum absolute atomic E-state index is 14.2. The predicted octanol–water partition coefficient (Wildman–Crippen LogP) is 5.58. The molecule has 1 N–H and O–H groups in total. The van der Waals surface area contributed by atoms with E-state index in [9.17, 15) is 18.0 Å². The van der Waals surface area contributed by atoms with Gasteiger partial charge in [-0.2, -0.15) is 0 Å². The van der Waals surface area contributed by atoms with Gasteiger partial charge in [0.15, 0.2) is 0 Å². The van der Waals surface area contributed by atoms with Gasteiger partial charge in [0.25, 0.3) is 10.0 Å². The Kier molecular flexibility index (Phi) is 11.6. The molecule has 9 heteroatoms. The lowest BCUT2D eigenvalue weighted by Crippen LogP contribution is -2.54. The maximum Gasteiger partial charge on any atom is 0.264 e. The van der Waals surface area contributed by atoms with E-state index in [1.54, 1.807) is 47.4 Å². The van der Waals surface area contributed by atoms with Crippen molar-refractivity contribution in [3.05, 3.63) is 90.5 Å². The number of carbonyl (C=O) groups excluding carboxylic acids is 2. The summed E-state index contributed by atoms with van der Waals surface area (Å²) in [5.74, 6) is -0.0537. The minimum atomic E-state index is -4.13. The van der Waals surface area contributed by atoms with Crippen LogP contribution in [-0.4, -0.2) is 56.9 Å². The van der Waals surface area contributed by atoms with E-state index in [0.717, 1.165) is 35.6 Å². The SMILES string of the molecule is CCOc1ccc(S(=O)(=O)N(CC(=O)N(CCc2ccccc2)C(CC)C(=O)NC2CCCCC2)c2ccccc2)cc1. The fourth-order valence-electron chi connectivity index (χ4n) is 5.56. The van der Waals surface area contributed by atoms with E-state index in [1.807, 2.05) is 44.2 Å². The van der Waals surface area contributed by atoms with E-state index >= 15 is 0 Å². The first-order chi connectivity index (χ1) is 20.8. The second kappa shape index (κ2) is 15.6. The van der Waals surface area contributed by atoms with Crippen LogP contribution in [0, 0.1) is 0 Å². The van der Waals surface area contributed by atoms with Crippen molar-refractivity contribution in [2.45, 2.75) is 75.8 Å². The molecule has 1 aliphatic carbocycles. The van der Waals surface area contributed by atoms with Gasteiger partial charge >= 0.3 is 0 Å². The zero-order valence-corrected chi connectivity index (χ0v) is 26.0. The average molecular weight is 606 g/mol. The maximum atomic E-state index is 14.2. The van der Waals surface area contributed by atoms with Crippen molar-refractivity contribution < 1.29 is 22.7 Å². The number of nitrogens with zero attached hydrogens (tertiary/aromatic N) is 2. The number of amides is 2. The van der Waals surface area contributed by atoms with Crippen molar-refractivity contribution in [3.8, 4) is 5.75 Å². The summed E-state index contributed by atoms with van der Waals surface area (Å²) in [6.07, 6.45) is 6.14. The molecule has 1 unspecified atom stereocenters. The monoisotopic (exact) mass is 605 g/mol. The average Bonchev–Trinajstić information content (AvgIpc) is 3.03. The Morgan fingerprint density at radius 3 is 2.12 bits per heavy atom. The molecule has 3 aromatic rings. The Bertz CT molecular complexity index is 1410. The number of benzene rings is 3. The first-order valence-corrected chi connectivity index (χ1v) is 16.7. The molecule has 3 aromatic carbocycles. The Balaban J connectivity index is 1.64. The van der Waals surface area contributed by atoms with Gasteiger partial charge in [-0.3, -0.25) is 13.9 Å². The van der Waals surface area contributed by atoms with Crippen molar-refractivity contribution in [1.29, 1.82) is 0 Å². The van der Waals surface area contributed by atoms with Crippen LogP contribution >= 0.6 is 0 Å². The molecule has 4 rings (SSSR count). The highest BCUT2D eigenvalue weighted by Gasteiger charge is 2.34. The first kappa shape index (κ1) is 32.1. The Morgan fingerprint density at radius 2 is 1.51 bits per heavy atom. The lowest BCUT2D eigenvalue weighted by atomic mass is 9.95. The van der Waals surface area contributed by atoms with Crippen molar-refractivity contribution in [2.75, 3.05) is 24.0 Å². The van der Waals surface area contributed by atoms with Crippen molar-refractivity contribution in [1.82, 2.24) is 10.2 Å². The predicted molar refractivity (Wildman–Crippen MR) is 170 cm³/mol. The van der Waals surface area contributed by atoms with Gasteiger partial charge in [-0.1, -0.05) is 74.7 Å². The van der Waals surface area contributed by atoms with Gasteiger partial charge in [-0.25, -0.2) is 8.42 Å². The normalized spacial score (nSPS) is 14.5. The topological polar surface area (TPSA) is 96.0 Å².